The molecule has 0 aliphatic rings. The summed E-state index contributed by atoms with van der Waals surface area (Å²) < 4.78 is 43.0. The van der Waals surface area contributed by atoms with Gasteiger partial charge in [-0.3, -0.25) is 4.79 Å². The van der Waals surface area contributed by atoms with E-state index in [0.717, 1.165) is 21.6 Å². The Morgan fingerprint density at radius 1 is 1.26 bits per heavy atom. The summed E-state index contributed by atoms with van der Waals surface area (Å²) in [6.45, 7) is -1.54. The Morgan fingerprint density at radius 3 is 2.65 bits per heavy atom. The second-order valence-electron chi connectivity index (χ2n) is 4.69. The van der Waals surface area contributed by atoms with Crippen molar-refractivity contribution in [3.63, 3.8) is 0 Å². The molecule has 0 atom stereocenters. The summed E-state index contributed by atoms with van der Waals surface area (Å²) in [6, 6.07) is 9.88. The van der Waals surface area contributed by atoms with Gasteiger partial charge in [-0.25, -0.2) is 0 Å². The maximum absolute atomic E-state index is 12.7. The number of furan rings is 1. The van der Waals surface area contributed by atoms with Gasteiger partial charge in [0.1, 0.15) is 12.3 Å². The van der Waals surface area contributed by atoms with Crippen LogP contribution < -0.4 is 0 Å². The first kappa shape index (κ1) is 17.7. The molecule has 0 aliphatic carbocycles. The van der Waals surface area contributed by atoms with Gasteiger partial charge in [0.15, 0.2) is 0 Å². The molecule has 23 heavy (non-hydrogen) atoms. The third-order valence-corrected chi connectivity index (χ3v) is 4.02. The SMILES string of the molecule is O=C(CSc1cccc(Cl)c1)N(Cc1ccco1)CC(F)(F)F. The molecule has 1 amide bonds. The van der Waals surface area contributed by atoms with Crippen LogP contribution in [0.3, 0.4) is 0 Å². The summed E-state index contributed by atoms with van der Waals surface area (Å²) in [6.07, 6.45) is -3.12. The summed E-state index contributed by atoms with van der Waals surface area (Å²) in [4.78, 5) is 13.6. The van der Waals surface area contributed by atoms with Crippen LogP contribution in [0.15, 0.2) is 52.0 Å². The summed E-state index contributed by atoms with van der Waals surface area (Å²) >= 11 is 6.97. The van der Waals surface area contributed by atoms with Gasteiger partial charge in [0.25, 0.3) is 0 Å². The highest BCUT2D eigenvalue weighted by molar-refractivity contribution is 8.00. The number of carbonyl (C=O) groups excluding carboxylic acids is 1. The van der Waals surface area contributed by atoms with Crippen molar-refractivity contribution < 1.29 is 22.4 Å². The summed E-state index contributed by atoms with van der Waals surface area (Å²) in [5, 5.41) is 0.505. The zero-order valence-corrected chi connectivity index (χ0v) is 13.4. The summed E-state index contributed by atoms with van der Waals surface area (Å²) in [7, 11) is 0. The lowest BCUT2D eigenvalue weighted by Gasteiger charge is -2.23. The van der Waals surface area contributed by atoms with Gasteiger partial charge in [-0.05, 0) is 30.3 Å². The van der Waals surface area contributed by atoms with Crippen LogP contribution in [0, 0.1) is 0 Å². The van der Waals surface area contributed by atoms with Gasteiger partial charge < -0.3 is 9.32 Å². The lowest BCUT2D eigenvalue weighted by atomic mass is 10.3. The minimum Gasteiger partial charge on any atom is -0.467 e. The van der Waals surface area contributed by atoms with Gasteiger partial charge in [0.2, 0.25) is 5.91 Å². The van der Waals surface area contributed by atoms with Crippen LogP contribution in [0.2, 0.25) is 5.02 Å². The second-order valence-corrected chi connectivity index (χ2v) is 6.18. The van der Waals surface area contributed by atoms with Gasteiger partial charge >= 0.3 is 6.18 Å². The van der Waals surface area contributed by atoms with Crippen molar-refractivity contribution in [1.82, 2.24) is 4.90 Å². The van der Waals surface area contributed by atoms with E-state index in [-0.39, 0.29) is 12.3 Å². The van der Waals surface area contributed by atoms with Crippen molar-refractivity contribution in [3.8, 4) is 0 Å². The number of hydrogen-bond donors (Lipinski definition) is 0. The molecule has 1 aromatic heterocycles. The van der Waals surface area contributed by atoms with E-state index in [1.807, 2.05) is 0 Å². The first-order valence-electron chi connectivity index (χ1n) is 6.59. The zero-order valence-electron chi connectivity index (χ0n) is 11.8. The third-order valence-electron chi connectivity index (χ3n) is 2.81. The molecule has 124 valence electrons. The van der Waals surface area contributed by atoms with Crippen LogP contribution in [0.5, 0.6) is 0 Å². The fraction of sp³-hybridized carbons (Fsp3) is 0.267. The molecule has 0 bridgehead atoms. The van der Waals surface area contributed by atoms with Gasteiger partial charge in [0, 0.05) is 9.92 Å². The van der Waals surface area contributed by atoms with Gasteiger partial charge in [0.05, 0.1) is 18.6 Å². The van der Waals surface area contributed by atoms with Gasteiger partial charge in [-0.15, -0.1) is 11.8 Å². The lowest BCUT2D eigenvalue weighted by Crippen LogP contribution is -2.39. The van der Waals surface area contributed by atoms with E-state index in [1.165, 1.54) is 12.3 Å². The van der Waals surface area contributed by atoms with Crippen molar-refractivity contribution in [2.24, 2.45) is 0 Å². The number of hydrogen-bond acceptors (Lipinski definition) is 3. The molecule has 2 aromatic rings. The number of amides is 1. The Morgan fingerprint density at radius 2 is 2.04 bits per heavy atom. The molecule has 3 nitrogen and oxygen atoms in total. The maximum Gasteiger partial charge on any atom is 0.406 e. The highest BCUT2D eigenvalue weighted by Crippen LogP contribution is 2.24. The standard InChI is InChI=1S/C15H13ClF3NO2S/c16-11-3-1-5-13(7-11)23-9-14(21)20(10-15(17,18)19)8-12-4-2-6-22-12/h1-7H,8-10H2. The topological polar surface area (TPSA) is 33.5 Å². The molecule has 0 aliphatic heterocycles. The van der Waals surface area contributed by atoms with Crippen molar-refractivity contribution in [3.05, 3.63) is 53.4 Å². The maximum atomic E-state index is 12.7. The van der Waals surface area contributed by atoms with E-state index < -0.39 is 18.6 Å². The molecule has 0 N–H and O–H groups in total. The molecule has 2 rings (SSSR count). The minimum atomic E-state index is -4.47. The molecule has 1 aromatic carbocycles. The Bertz CT molecular complexity index is 646. The molecule has 8 heteroatoms. The number of halogens is 4. The molecule has 1 heterocycles. The minimum absolute atomic E-state index is 0.114. The van der Waals surface area contributed by atoms with Crippen LogP contribution in [-0.2, 0) is 11.3 Å². The summed E-state index contributed by atoms with van der Waals surface area (Å²) in [5.74, 6) is -0.434. The molecule has 0 saturated heterocycles. The van der Waals surface area contributed by atoms with Crippen molar-refractivity contribution in [1.29, 1.82) is 0 Å². The van der Waals surface area contributed by atoms with E-state index in [2.05, 4.69) is 0 Å². The predicted molar refractivity (Wildman–Crippen MR) is 82.4 cm³/mol. The fourth-order valence-electron chi connectivity index (χ4n) is 1.83. The van der Waals surface area contributed by atoms with Crippen LogP contribution in [0.25, 0.3) is 0 Å². The van der Waals surface area contributed by atoms with E-state index in [1.54, 1.807) is 30.3 Å². The third kappa shape index (κ3) is 6.19. The monoisotopic (exact) mass is 363 g/mol. The smallest absolute Gasteiger partial charge is 0.406 e. The van der Waals surface area contributed by atoms with E-state index >= 15 is 0 Å². The molecular formula is C15H13ClF3NO2S. The van der Waals surface area contributed by atoms with Crippen LogP contribution in [0.4, 0.5) is 13.2 Å². The average molecular weight is 364 g/mol. The Balaban J connectivity index is 2.00. The highest BCUT2D eigenvalue weighted by atomic mass is 35.5. The number of nitrogens with zero attached hydrogens (tertiary/aromatic N) is 1. The van der Waals surface area contributed by atoms with Crippen molar-refractivity contribution in [2.75, 3.05) is 12.3 Å². The van der Waals surface area contributed by atoms with E-state index in [0.29, 0.717) is 10.8 Å². The number of thioether (sulfide) groups is 1. The molecule has 0 unspecified atom stereocenters. The highest BCUT2D eigenvalue weighted by Gasteiger charge is 2.33. The number of benzene rings is 1. The van der Waals surface area contributed by atoms with Crippen LogP contribution in [-0.4, -0.2) is 29.3 Å². The largest absolute Gasteiger partial charge is 0.467 e. The average Bonchev–Trinajstić information content (AvgIpc) is 2.96. The number of alkyl halides is 3. The Labute approximate surface area is 140 Å². The van der Waals surface area contributed by atoms with E-state index in [9.17, 15) is 18.0 Å². The van der Waals surface area contributed by atoms with Gasteiger partial charge in [-0.2, -0.15) is 13.2 Å². The molecule has 0 radical (unpaired) electrons. The number of rotatable bonds is 6. The van der Waals surface area contributed by atoms with Gasteiger partial charge in [-0.1, -0.05) is 17.7 Å². The molecular weight excluding hydrogens is 351 g/mol. The Kier molecular flexibility index (Phi) is 6.01. The Hall–Kier alpha value is -1.60. The molecule has 0 saturated carbocycles. The zero-order chi connectivity index (χ0) is 16.9. The summed E-state index contributed by atoms with van der Waals surface area (Å²) in [5.41, 5.74) is 0. The first-order chi connectivity index (χ1) is 10.8. The second kappa shape index (κ2) is 7.79. The van der Waals surface area contributed by atoms with Crippen molar-refractivity contribution >= 4 is 29.3 Å². The molecule has 0 fully saturated rings. The predicted octanol–water partition coefficient (Wildman–Crippen LogP) is 4.62. The quantitative estimate of drug-likeness (QED) is 0.702. The normalized spacial score (nSPS) is 11.5. The number of carbonyl (C=O) groups is 1. The van der Waals surface area contributed by atoms with Crippen LogP contribution >= 0.6 is 23.4 Å². The van der Waals surface area contributed by atoms with Crippen LogP contribution in [0.1, 0.15) is 5.76 Å². The fourth-order valence-corrected chi connectivity index (χ4v) is 2.95. The lowest BCUT2D eigenvalue weighted by molar-refractivity contribution is -0.161. The molecule has 0 spiro atoms. The van der Waals surface area contributed by atoms with Crippen molar-refractivity contribution in [2.45, 2.75) is 17.6 Å². The first-order valence-corrected chi connectivity index (χ1v) is 7.95. The van der Waals surface area contributed by atoms with E-state index in [4.69, 9.17) is 16.0 Å².